The van der Waals surface area contributed by atoms with E-state index >= 15 is 0 Å². The molecule has 2 aromatic heterocycles. The van der Waals surface area contributed by atoms with Gasteiger partial charge < -0.3 is 30.2 Å². The molecule has 1 atom stereocenters. The fourth-order valence-electron chi connectivity index (χ4n) is 4.93. The number of carbonyl (C=O) groups excluding carboxylic acids is 2. The Morgan fingerprint density at radius 1 is 1.15 bits per heavy atom. The van der Waals surface area contributed by atoms with E-state index in [1.54, 1.807) is 42.5 Å². The second kappa shape index (κ2) is 15.1. The second-order valence-electron chi connectivity index (χ2n) is 10.3. The van der Waals surface area contributed by atoms with E-state index in [-0.39, 0.29) is 24.6 Å². The van der Waals surface area contributed by atoms with E-state index < -0.39 is 24.0 Å². The lowest BCUT2D eigenvalue weighted by Crippen LogP contribution is -2.28. The van der Waals surface area contributed by atoms with Crippen LogP contribution in [-0.2, 0) is 14.3 Å². The van der Waals surface area contributed by atoms with Gasteiger partial charge in [-0.05, 0) is 65.7 Å². The molecule has 2 amide bonds. The minimum atomic E-state index is -1.21. The molecular formula is C30H32ClN9O6. The van der Waals surface area contributed by atoms with Crippen molar-refractivity contribution in [3.63, 3.8) is 0 Å². The van der Waals surface area contributed by atoms with E-state index in [4.69, 9.17) is 21.1 Å². The minimum Gasteiger partial charge on any atom is -0.477 e. The van der Waals surface area contributed by atoms with E-state index in [9.17, 15) is 19.5 Å². The Morgan fingerprint density at radius 3 is 2.80 bits per heavy atom. The highest BCUT2D eigenvalue weighted by Crippen LogP contribution is 2.34. The number of carboxylic acids is 1. The van der Waals surface area contributed by atoms with Gasteiger partial charge in [0.25, 0.3) is 0 Å². The van der Waals surface area contributed by atoms with Gasteiger partial charge in [0.15, 0.2) is 5.69 Å². The molecule has 0 saturated heterocycles. The predicted octanol–water partition coefficient (Wildman–Crippen LogP) is 4.46. The molecule has 0 saturated carbocycles. The Labute approximate surface area is 268 Å². The summed E-state index contributed by atoms with van der Waals surface area (Å²) in [6, 6.07) is 9.53. The summed E-state index contributed by atoms with van der Waals surface area (Å²) in [6.45, 7) is 0.956. The smallest absolute Gasteiger partial charge is 0.411 e. The number of fused-ring (bicyclic) bond motifs is 4. The summed E-state index contributed by atoms with van der Waals surface area (Å²) in [7, 11) is 1.51. The number of methoxy groups -OCH3 is 1. The zero-order valence-corrected chi connectivity index (χ0v) is 25.6. The van der Waals surface area contributed by atoms with Crippen molar-refractivity contribution in [2.24, 2.45) is 0 Å². The van der Waals surface area contributed by atoms with Crippen molar-refractivity contribution in [3.8, 4) is 16.9 Å². The van der Waals surface area contributed by atoms with Crippen molar-refractivity contribution in [1.82, 2.24) is 35.5 Å². The third-order valence-electron chi connectivity index (χ3n) is 7.11. The number of hydrogen-bond acceptors (Lipinski definition) is 10. The standard InChI is InChI=1S/C30H32ClN9O6/c1-45-13-14-46-30(44)34-20-8-9-21-23(16-20)32-12-4-2-3-5-22(28-36-26(21)27(37-28)29(42)43)35-25(41)11-6-18-15-19(31)7-10-24(18)40-17-33-38-39-40/h6-11,15-17,22,32H,2-5,12-14H2,1H3,(H,34,44)(H,35,41)(H,36,37)(H,42,43)/b11-6+/t22-/m0/s1. The summed E-state index contributed by atoms with van der Waals surface area (Å²) in [6.07, 6.45) is 6.68. The number of H-pyrrole nitrogens is 1. The number of aromatic amines is 1. The molecule has 46 heavy (non-hydrogen) atoms. The van der Waals surface area contributed by atoms with Gasteiger partial charge in [-0.1, -0.05) is 24.4 Å². The molecule has 5 rings (SSSR count). The lowest BCUT2D eigenvalue weighted by Gasteiger charge is -2.17. The third-order valence-corrected chi connectivity index (χ3v) is 7.34. The van der Waals surface area contributed by atoms with Crippen LogP contribution in [-0.4, -0.2) is 80.1 Å². The quantitative estimate of drug-likeness (QED) is 0.127. The average molecular weight is 650 g/mol. The van der Waals surface area contributed by atoms with E-state index in [0.717, 1.165) is 19.3 Å². The van der Waals surface area contributed by atoms with Crippen LogP contribution in [0.3, 0.4) is 0 Å². The Balaban J connectivity index is 1.41. The highest BCUT2D eigenvalue weighted by atomic mass is 35.5. The SMILES string of the molecule is COCCOC(=O)Nc1ccc2c(c1)NCCCCC[C@H](NC(=O)/C=C/c1cc(Cl)ccc1-n1cnnn1)c1nc-2c(C(=O)O)[nH]1. The number of carboxylic acid groups (broad SMARTS) is 1. The number of nitrogens with one attached hydrogen (secondary N) is 4. The van der Waals surface area contributed by atoms with Gasteiger partial charge in [0.05, 0.1) is 18.3 Å². The Morgan fingerprint density at radius 2 is 2.02 bits per heavy atom. The number of aromatic nitrogens is 6. The topological polar surface area (TPSA) is 198 Å². The van der Waals surface area contributed by atoms with Crippen LogP contribution >= 0.6 is 11.6 Å². The number of anilines is 2. The monoisotopic (exact) mass is 649 g/mol. The first kappa shape index (κ1) is 32.1. The molecule has 0 spiro atoms. The maximum atomic E-state index is 13.2. The zero-order chi connectivity index (χ0) is 32.5. The minimum absolute atomic E-state index is 0.0966. The summed E-state index contributed by atoms with van der Waals surface area (Å²) in [5, 5.41) is 30.8. The molecule has 16 heteroatoms. The highest BCUT2D eigenvalue weighted by molar-refractivity contribution is 6.30. The zero-order valence-electron chi connectivity index (χ0n) is 24.8. The second-order valence-corrected chi connectivity index (χ2v) is 10.7. The summed E-state index contributed by atoms with van der Waals surface area (Å²) in [5.41, 5.74) is 2.85. The molecule has 2 aromatic carbocycles. The fraction of sp³-hybridized carbons (Fsp3) is 0.300. The van der Waals surface area contributed by atoms with E-state index in [1.807, 2.05) is 0 Å². The number of benzene rings is 2. The van der Waals surface area contributed by atoms with E-state index in [2.05, 4.69) is 41.4 Å². The van der Waals surface area contributed by atoms with Gasteiger partial charge in [-0.2, -0.15) is 4.68 Å². The van der Waals surface area contributed by atoms with Crippen LogP contribution in [0.5, 0.6) is 0 Å². The summed E-state index contributed by atoms with van der Waals surface area (Å²) >= 11 is 6.20. The molecule has 3 heterocycles. The van der Waals surface area contributed by atoms with Gasteiger partial charge in [0.1, 0.15) is 24.5 Å². The van der Waals surface area contributed by atoms with Gasteiger partial charge in [-0.15, -0.1) is 5.10 Å². The van der Waals surface area contributed by atoms with Crippen molar-refractivity contribution < 1.29 is 29.0 Å². The van der Waals surface area contributed by atoms with Gasteiger partial charge in [-0.25, -0.2) is 14.6 Å². The number of hydrogen-bond donors (Lipinski definition) is 5. The number of imidazole rings is 1. The number of halogens is 1. The molecule has 1 aliphatic rings. The maximum absolute atomic E-state index is 13.2. The molecule has 0 radical (unpaired) electrons. The fourth-order valence-corrected chi connectivity index (χ4v) is 5.11. The normalized spacial score (nSPS) is 14.8. The van der Waals surface area contributed by atoms with Crippen LogP contribution in [0.2, 0.25) is 5.02 Å². The highest BCUT2D eigenvalue weighted by Gasteiger charge is 2.26. The molecule has 4 aromatic rings. The van der Waals surface area contributed by atoms with Crippen molar-refractivity contribution in [2.75, 3.05) is 37.5 Å². The lowest BCUT2D eigenvalue weighted by molar-refractivity contribution is -0.117. The largest absolute Gasteiger partial charge is 0.477 e. The molecule has 5 N–H and O–H groups in total. The van der Waals surface area contributed by atoms with Crippen LogP contribution in [0.25, 0.3) is 23.0 Å². The van der Waals surface area contributed by atoms with Gasteiger partial charge in [-0.3, -0.25) is 10.1 Å². The predicted molar refractivity (Wildman–Crippen MR) is 169 cm³/mol. The number of carbonyl (C=O) groups is 3. The van der Waals surface area contributed by atoms with Crippen LogP contribution in [0, 0.1) is 0 Å². The number of ether oxygens (including phenoxy) is 2. The maximum Gasteiger partial charge on any atom is 0.411 e. The van der Waals surface area contributed by atoms with Gasteiger partial charge >= 0.3 is 12.1 Å². The van der Waals surface area contributed by atoms with Gasteiger partial charge in [0, 0.05) is 47.3 Å². The van der Waals surface area contributed by atoms with Crippen LogP contribution in [0.15, 0.2) is 48.8 Å². The van der Waals surface area contributed by atoms with E-state index in [1.165, 1.54) is 24.2 Å². The van der Waals surface area contributed by atoms with Crippen molar-refractivity contribution in [1.29, 1.82) is 0 Å². The van der Waals surface area contributed by atoms with Crippen molar-refractivity contribution in [3.05, 3.63) is 70.9 Å². The summed E-state index contributed by atoms with van der Waals surface area (Å²) < 4.78 is 11.4. The number of tetrazole rings is 1. The Bertz CT molecular complexity index is 1720. The number of aromatic carboxylic acids is 1. The molecule has 0 unspecified atom stereocenters. The molecule has 240 valence electrons. The average Bonchev–Trinajstić information content (AvgIpc) is 3.72. The lowest BCUT2D eigenvalue weighted by atomic mass is 10.0. The first-order valence-corrected chi connectivity index (χ1v) is 14.9. The summed E-state index contributed by atoms with van der Waals surface area (Å²) in [5.74, 6) is -1.31. The molecule has 0 fully saturated rings. The van der Waals surface area contributed by atoms with Crippen LogP contribution in [0.4, 0.5) is 16.2 Å². The number of amides is 2. The van der Waals surface area contributed by atoms with Gasteiger partial charge in [0.2, 0.25) is 5.91 Å². The molecule has 15 nitrogen and oxygen atoms in total. The molecule has 2 bridgehead atoms. The summed E-state index contributed by atoms with van der Waals surface area (Å²) in [4.78, 5) is 45.3. The Hall–Kier alpha value is -5.28. The first-order valence-electron chi connectivity index (χ1n) is 14.5. The van der Waals surface area contributed by atoms with E-state index in [0.29, 0.717) is 52.0 Å². The van der Waals surface area contributed by atoms with Crippen molar-refractivity contribution in [2.45, 2.75) is 31.7 Å². The van der Waals surface area contributed by atoms with Crippen molar-refractivity contribution >= 4 is 47.0 Å². The molecule has 0 aliphatic carbocycles. The van der Waals surface area contributed by atoms with Crippen LogP contribution in [0.1, 0.15) is 53.6 Å². The Kier molecular flexibility index (Phi) is 10.6. The first-order chi connectivity index (χ1) is 22.3. The number of nitrogens with zero attached hydrogens (tertiary/aromatic N) is 5. The third kappa shape index (κ3) is 8.05. The van der Waals surface area contributed by atoms with Crippen LogP contribution < -0.4 is 16.0 Å². The molecule has 1 aliphatic heterocycles. The number of rotatable bonds is 9. The molecular weight excluding hydrogens is 618 g/mol.